The van der Waals surface area contributed by atoms with Crippen molar-refractivity contribution in [3.05, 3.63) is 66.7 Å². The molecule has 1 amide bonds. The number of fused-ring (bicyclic) bond motifs is 1. The van der Waals surface area contributed by atoms with Gasteiger partial charge in [0.25, 0.3) is 0 Å². The van der Waals surface area contributed by atoms with Crippen molar-refractivity contribution in [2.24, 2.45) is 11.8 Å². The lowest BCUT2D eigenvalue weighted by Gasteiger charge is -2.48. The number of aromatic amines is 1. The van der Waals surface area contributed by atoms with Crippen LogP contribution in [-0.4, -0.2) is 25.7 Å². The van der Waals surface area contributed by atoms with E-state index in [0.717, 1.165) is 41.3 Å². The van der Waals surface area contributed by atoms with Crippen molar-refractivity contribution in [2.75, 3.05) is 4.90 Å². The quantitative estimate of drug-likeness (QED) is 0.456. The number of halogens is 3. The Bertz CT molecular complexity index is 1320. The largest absolute Gasteiger partial charge is 0.504 e. The molecule has 0 radical (unpaired) electrons. The molecule has 2 fully saturated rings. The Balaban J connectivity index is 1.33. The predicted molar refractivity (Wildman–Crippen MR) is 111 cm³/mol. The van der Waals surface area contributed by atoms with E-state index in [-0.39, 0.29) is 22.5 Å². The van der Waals surface area contributed by atoms with Crippen molar-refractivity contribution < 1.29 is 18.0 Å². The SMILES string of the molecule is O=C1[C@@H](C2CC2)[C@@H](c2ccc(-c3cnn(C(F)(F)F)c3)cc2)N1c1ccc2nc[nH]c2c1. The van der Waals surface area contributed by atoms with Crippen molar-refractivity contribution in [1.29, 1.82) is 0 Å². The molecule has 3 heterocycles. The molecule has 9 heteroatoms. The van der Waals surface area contributed by atoms with Gasteiger partial charge in [0.15, 0.2) is 0 Å². The summed E-state index contributed by atoms with van der Waals surface area (Å²) in [7, 11) is 0. The monoisotopic (exact) mass is 437 g/mol. The van der Waals surface area contributed by atoms with Crippen molar-refractivity contribution in [3.63, 3.8) is 0 Å². The summed E-state index contributed by atoms with van der Waals surface area (Å²) >= 11 is 0. The third kappa shape index (κ3) is 2.99. The average molecular weight is 437 g/mol. The van der Waals surface area contributed by atoms with Crippen LogP contribution in [0.5, 0.6) is 0 Å². The summed E-state index contributed by atoms with van der Waals surface area (Å²) < 4.78 is 38.5. The molecule has 1 saturated carbocycles. The van der Waals surface area contributed by atoms with E-state index in [0.29, 0.717) is 17.0 Å². The summed E-state index contributed by atoms with van der Waals surface area (Å²) in [6.45, 7) is 0. The lowest BCUT2D eigenvalue weighted by atomic mass is 9.78. The lowest BCUT2D eigenvalue weighted by Crippen LogP contribution is -2.56. The van der Waals surface area contributed by atoms with Gasteiger partial charge in [-0.3, -0.25) is 4.79 Å². The number of hydrogen-bond donors (Lipinski definition) is 1. The average Bonchev–Trinajstić information content (AvgIpc) is 3.26. The molecule has 2 aromatic heterocycles. The third-order valence-electron chi connectivity index (χ3n) is 6.38. The fourth-order valence-corrected chi connectivity index (χ4v) is 4.63. The highest BCUT2D eigenvalue weighted by atomic mass is 19.4. The Kier molecular flexibility index (Phi) is 3.99. The minimum Gasteiger partial charge on any atom is -0.345 e. The Morgan fingerprint density at radius 3 is 2.50 bits per heavy atom. The Morgan fingerprint density at radius 1 is 1.03 bits per heavy atom. The minimum absolute atomic E-state index is 0.00268. The molecule has 2 atom stereocenters. The van der Waals surface area contributed by atoms with Crippen LogP contribution in [0.2, 0.25) is 0 Å². The highest BCUT2D eigenvalue weighted by molar-refractivity contribution is 6.04. The zero-order valence-electron chi connectivity index (χ0n) is 16.8. The maximum absolute atomic E-state index is 13.1. The molecule has 1 N–H and O–H groups in total. The molecule has 32 heavy (non-hydrogen) atoms. The van der Waals surface area contributed by atoms with Gasteiger partial charge in [-0.2, -0.15) is 9.78 Å². The van der Waals surface area contributed by atoms with Crippen molar-refractivity contribution in [1.82, 2.24) is 19.7 Å². The lowest BCUT2D eigenvalue weighted by molar-refractivity contribution is -0.212. The summed E-state index contributed by atoms with van der Waals surface area (Å²) in [5.74, 6) is 0.447. The van der Waals surface area contributed by atoms with Crippen LogP contribution in [0, 0.1) is 11.8 Å². The number of carbonyl (C=O) groups is 1. The number of alkyl halides is 3. The molecule has 162 valence electrons. The Hall–Kier alpha value is -3.62. The van der Waals surface area contributed by atoms with Crippen LogP contribution in [-0.2, 0) is 11.1 Å². The van der Waals surface area contributed by atoms with Gasteiger partial charge in [-0.15, -0.1) is 13.2 Å². The highest BCUT2D eigenvalue weighted by Gasteiger charge is 2.55. The molecule has 4 aromatic rings. The van der Waals surface area contributed by atoms with Gasteiger partial charge in [0.1, 0.15) is 0 Å². The molecule has 2 aromatic carbocycles. The number of β-lactam (4-membered cyclic amide) rings is 1. The molecule has 1 saturated heterocycles. The number of rotatable bonds is 4. The van der Waals surface area contributed by atoms with Crippen LogP contribution >= 0.6 is 0 Å². The zero-order valence-corrected chi connectivity index (χ0v) is 16.8. The molecule has 0 bridgehead atoms. The maximum atomic E-state index is 13.1. The molecule has 1 aliphatic carbocycles. The van der Waals surface area contributed by atoms with Gasteiger partial charge in [-0.1, -0.05) is 24.3 Å². The zero-order chi connectivity index (χ0) is 22.0. The molecule has 1 aliphatic heterocycles. The van der Waals surface area contributed by atoms with E-state index >= 15 is 0 Å². The fourth-order valence-electron chi connectivity index (χ4n) is 4.63. The second kappa shape index (κ2) is 6.69. The van der Waals surface area contributed by atoms with Crippen LogP contribution in [0.4, 0.5) is 18.9 Å². The minimum atomic E-state index is -4.54. The topological polar surface area (TPSA) is 66.8 Å². The van der Waals surface area contributed by atoms with Crippen LogP contribution in [0.25, 0.3) is 22.2 Å². The van der Waals surface area contributed by atoms with Crippen molar-refractivity contribution in [2.45, 2.75) is 25.2 Å². The first kappa shape index (κ1) is 19.1. The first-order chi connectivity index (χ1) is 15.4. The van der Waals surface area contributed by atoms with Crippen LogP contribution in [0.3, 0.4) is 0 Å². The number of hydrogen-bond acceptors (Lipinski definition) is 3. The second-order valence-electron chi connectivity index (χ2n) is 8.38. The molecular weight excluding hydrogens is 419 g/mol. The molecule has 0 unspecified atom stereocenters. The Morgan fingerprint density at radius 2 is 1.81 bits per heavy atom. The van der Waals surface area contributed by atoms with Crippen LogP contribution in [0.15, 0.2) is 61.2 Å². The predicted octanol–water partition coefficient (Wildman–Crippen LogP) is 5.02. The number of anilines is 1. The number of H-pyrrole nitrogens is 1. The molecule has 6 rings (SSSR count). The molecule has 6 nitrogen and oxygen atoms in total. The number of carbonyl (C=O) groups excluding carboxylic acids is 1. The van der Waals surface area contributed by atoms with E-state index in [4.69, 9.17) is 0 Å². The summed E-state index contributed by atoms with van der Waals surface area (Å²) in [4.78, 5) is 22.2. The van der Waals surface area contributed by atoms with Gasteiger partial charge in [0.2, 0.25) is 5.91 Å². The normalized spacial score (nSPS) is 21.2. The van der Waals surface area contributed by atoms with Gasteiger partial charge in [0.05, 0.1) is 35.5 Å². The summed E-state index contributed by atoms with van der Waals surface area (Å²) in [6, 6.07) is 13.0. The van der Waals surface area contributed by atoms with E-state index in [1.165, 1.54) is 6.20 Å². The first-order valence-electron chi connectivity index (χ1n) is 10.4. The number of nitrogens with zero attached hydrogens (tertiary/aromatic N) is 4. The van der Waals surface area contributed by atoms with Gasteiger partial charge >= 0.3 is 6.30 Å². The van der Waals surface area contributed by atoms with Gasteiger partial charge in [0, 0.05) is 17.4 Å². The third-order valence-corrected chi connectivity index (χ3v) is 6.38. The maximum Gasteiger partial charge on any atom is 0.504 e. The second-order valence-corrected chi connectivity index (χ2v) is 8.38. The summed E-state index contributed by atoms with van der Waals surface area (Å²) in [5, 5.41) is 3.41. The molecule has 0 spiro atoms. The molecule has 2 aliphatic rings. The summed E-state index contributed by atoms with van der Waals surface area (Å²) in [6.07, 6.45) is 1.36. The van der Waals surface area contributed by atoms with E-state index in [1.807, 2.05) is 35.2 Å². The number of nitrogens with one attached hydrogen (secondary N) is 1. The number of benzene rings is 2. The van der Waals surface area contributed by atoms with E-state index in [1.54, 1.807) is 18.5 Å². The summed E-state index contributed by atoms with van der Waals surface area (Å²) in [5.41, 5.74) is 4.51. The first-order valence-corrected chi connectivity index (χ1v) is 10.4. The van der Waals surface area contributed by atoms with E-state index < -0.39 is 6.30 Å². The van der Waals surface area contributed by atoms with Gasteiger partial charge < -0.3 is 9.88 Å². The van der Waals surface area contributed by atoms with Crippen LogP contribution < -0.4 is 4.90 Å². The van der Waals surface area contributed by atoms with Crippen LogP contribution in [0.1, 0.15) is 24.4 Å². The van der Waals surface area contributed by atoms with Gasteiger partial charge in [-0.25, -0.2) is 4.98 Å². The smallest absolute Gasteiger partial charge is 0.345 e. The number of aromatic nitrogens is 4. The van der Waals surface area contributed by atoms with E-state index in [2.05, 4.69) is 15.1 Å². The van der Waals surface area contributed by atoms with E-state index in [9.17, 15) is 18.0 Å². The molecular formula is C23H18F3N5O. The number of amides is 1. The standard InChI is InChI=1S/C23H18F3N5O/c24-23(25,26)30-11-16(10-29-30)13-1-5-15(6-2-13)21-20(14-3-4-14)22(32)31(21)17-7-8-18-19(9-17)28-12-27-18/h1-2,5-12,14,20-21H,3-4H2,(H,27,28)/t20-,21+/m0/s1. The van der Waals surface area contributed by atoms with Gasteiger partial charge in [-0.05, 0) is 48.1 Å². The Labute approximate surface area is 180 Å². The fraction of sp³-hybridized carbons (Fsp3) is 0.261. The van der Waals surface area contributed by atoms with Crippen molar-refractivity contribution in [3.8, 4) is 11.1 Å². The van der Waals surface area contributed by atoms with Crippen molar-refractivity contribution >= 4 is 22.6 Å². The number of imidazole rings is 1. The highest BCUT2D eigenvalue weighted by Crippen LogP contribution is 2.54.